The van der Waals surface area contributed by atoms with Crippen LogP contribution in [0, 0.1) is 13.8 Å². The minimum Gasteiger partial charge on any atom is -0.466 e. The highest BCUT2D eigenvalue weighted by Gasteiger charge is 2.14. The first kappa shape index (κ1) is 14.8. The highest BCUT2D eigenvalue weighted by Crippen LogP contribution is 2.21. The van der Waals surface area contributed by atoms with Gasteiger partial charge < -0.3 is 8.94 Å². The fourth-order valence-electron chi connectivity index (χ4n) is 2.18. The van der Waals surface area contributed by atoms with Crippen molar-refractivity contribution in [2.75, 3.05) is 13.1 Å². The molecule has 0 amide bonds. The summed E-state index contributed by atoms with van der Waals surface area (Å²) in [6, 6.07) is 4.09. The van der Waals surface area contributed by atoms with Crippen LogP contribution in [0.1, 0.15) is 49.4 Å². The van der Waals surface area contributed by atoms with Crippen LogP contribution in [0.2, 0.25) is 0 Å². The van der Waals surface area contributed by atoms with Gasteiger partial charge in [0, 0.05) is 5.92 Å². The van der Waals surface area contributed by atoms with Crippen molar-refractivity contribution in [3.8, 4) is 0 Å². The third-order valence-corrected chi connectivity index (χ3v) is 3.50. The molecule has 0 saturated heterocycles. The maximum absolute atomic E-state index is 5.67. The van der Waals surface area contributed by atoms with Crippen molar-refractivity contribution in [1.82, 2.24) is 15.0 Å². The summed E-state index contributed by atoms with van der Waals surface area (Å²) in [4.78, 5) is 6.55. The van der Waals surface area contributed by atoms with Gasteiger partial charge in [-0.25, -0.2) is 0 Å². The van der Waals surface area contributed by atoms with Gasteiger partial charge >= 0.3 is 0 Å². The van der Waals surface area contributed by atoms with Gasteiger partial charge in [0.1, 0.15) is 11.5 Å². The van der Waals surface area contributed by atoms with E-state index in [1.807, 2.05) is 19.9 Å². The van der Waals surface area contributed by atoms with E-state index in [1.165, 1.54) is 0 Å². The fourth-order valence-corrected chi connectivity index (χ4v) is 2.18. The van der Waals surface area contributed by atoms with E-state index >= 15 is 0 Å². The molecule has 5 heteroatoms. The van der Waals surface area contributed by atoms with Gasteiger partial charge in [0.2, 0.25) is 5.89 Å². The Kier molecular flexibility index (Phi) is 4.95. The summed E-state index contributed by atoms with van der Waals surface area (Å²) in [6.45, 7) is 10.8. The van der Waals surface area contributed by atoms with Crippen LogP contribution in [0.3, 0.4) is 0 Å². The van der Waals surface area contributed by atoms with Crippen molar-refractivity contribution in [2.45, 2.75) is 46.6 Å². The van der Waals surface area contributed by atoms with Crippen molar-refractivity contribution in [3.05, 3.63) is 35.4 Å². The molecular formula is C15H23N3O2. The molecule has 0 spiro atoms. The second-order valence-corrected chi connectivity index (χ2v) is 5.24. The smallest absolute Gasteiger partial charge is 0.240 e. The molecule has 2 heterocycles. The van der Waals surface area contributed by atoms with Crippen LogP contribution in [0.25, 0.3) is 0 Å². The molecule has 0 aliphatic heterocycles. The second-order valence-electron chi connectivity index (χ2n) is 5.24. The van der Waals surface area contributed by atoms with Crippen molar-refractivity contribution in [1.29, 1.82) is 0 Å². The van der Waals surface area contributed by atoms with Crippen molar-refractivity contribution in [3.63, 3.8) is 0 Å². The number of furan rings is 1. The van der Waals surface area contributed by atoms with E-state index in [4.69, 9.17) is 8.94 Å². The molecule has 2 aromatic rings. The summed E-state index contributed by atoms with van der Waals surface area (Å²) < 4.78 is 10.8. The molecule has 0 bridgehead atoms. The molecule has 2 rings (SSSR count). The lowest BCUT2D eigenvalue weighted by Crippen LogP contribution is -2.25. The largest absolute Gasteiger partial charge is 0.466 e. The lowest BCUT2D eigenvalue weighted by Gasteiger charge is -2.19. The zero-order chi connectivity index (χ0) is 14.5. The number of hydrogen-bond acceptors (Lipinski definition) is 5. The fraction of sp³-hybridized carbons (Fsp3) is 0.600. The monoisotopic (exact) mass is 277 g/mol. The van der Waals surface area contributed by atoms with Crippen LogP contribution in [0.5, 0.6) is 0 Å². The summed E-state index contributed by atoms with van der Waals surface area (Å²) in [7, 11) is 0. The summed E-state index contributed by atoms with van der Waals surface area (Å²) >= 11 is 0. The average Bonchev–Trinajstić information content (AvgIpc) is 3.03. The van der Waals surface area contributed by atoms with Crippen LogP contribution in [-0.4, -0.2) is 28.1 Å². The molecule has 0 radical (unpaired) electrons. The molecule has 0 unspecified atom stereocenters. The van der Waals surface area contributed by atoms with Crippen LogP contribution >= 0.6 is 0 Å². The average molecular weight is 277 g/mol. The van der Waals surface area contributed by atoms with E-state index in [-0.39, 0.29) is 0 Å². The first-order valence-electron chi connectivity index (χ1n) is 7.16. The van der Waals surface area contributed by atoms with Crippen LogP contribution < -0.4 is 0 Å². The summed E-state index contributed by atoms with van der Waals surface area (Å²) in [5, 5.41) is 3.82. The van der Waals surface area contributed by atoms with Gasteiger partial charge in [-0.1, -0.05) is 19.0 Å². The van der Waals surface area contributed by atoms with Crippen LogP contribution in [0.4, 0.5) is 0 Å². The van der Waals surface area contributed by atoms with Crippen LogP contribution in [0.15, 0.2) is 21.1 Å². The zero-order valence-corrected chi connectivity index (χ0v) is 12.7. The first-order chi connectivity index (χ1) is 9.58. The Morgan fingerprint density at radius 1 is 1.30 bits per heavy atom. The summed E-state index contributed by atoms with van der Waals surface area (Å²) in [6.07, 6.45) is 1.05. The zero-order valence-electron chi connectivity index (χ0n) is 12.7. The predicted molar refractivity (Wildman–Crippen MR) is 76.5 cm³/mol. The van der Waals surface area contributed by atoms with E-state index in [1.54, 1.807) is 0 Å². The third kappa shape index (κ3) is 3.93. The summed E-state index contributed by atoms with van der Waals surface area (Å²) in [5.74, 6) is 3.83. The van der Waals surface area contributed by atoms with Gasteiger partial charge in [-0.05, 0) is 45.5 Å². The van der Waals surface area contributed by atoms with E-state index in [0.717, 1.165) is 31.0 Å². The molecule has 0 aromatic carbocycles. The van der Waals surface area contributed by atoms with E-state index < -0.39 is 0 Å². The SMILES string of the molecule is CCN(CC[C@H](C)c1ccc(C)o1)Cc1nc(C)no1. The Morgan fingerprint density at radius 2 is 2.10 bits per heavy atom. The number of aryl methyl sites for hydroxylation is 2. The third-order valence-electron chi connectivity index (χ3n) is 3.50. The second kappa shape index (κ2) is 6.70. The van der Waals surface area contributed by atoms with E-state index in [2.05, 4.69) is 35.0 Å². The lowest BCUT2D eigenvalue weighted by atomic mass is 10.1. The number of rotatable bonds is 7. The van der Waals surface area contributed by atoms with Crippen LogP contribution in [-0.2, 0) is 6.54 Å². The minimum absolute atomic E-state index is 0.419. The number of aromatic nitrogens is 2. The van der Waals surface area contributed by atoms with Crippen molar-refractivity contribution >= 4 is 0 Å². The van der Waals surface area contributed by atoms with Gasteiger partial charge in [0.25, 0.3) is 0 Å². The molecule has 0 aliphatic carbocycles. The first-order valence-corrected chi connectivity index (χ1v) is 7.16. The molecule has 0 saturated carbocycles. The molecule has 0 fully saturated rings. The Morgan fingerprint density at radius 3 is 2.65 bits per heavy atom. The molecular weight excluding hydrogens is 254 g/mol. The molecule has 2 aromatic heterocycles. The van der Waals surface area contributed by atoms with Gasteiger partial charge in [-0.3, -0.25) is 4.90 Å². The molecule has 20 heavy (non-hydrogen) atoms. The van der Waals surface area contributed by atoms with Crippen molar-refractivity contribution in [2.24, 2.45) is 0 Å². The quantitative estimate of drug-likeness (QED) is 0.777. The number of nitrogens with zero attached hydrogens (tertiary/aromatic N) is 3. The molecule has 0 N–H and O–H groups in total. The molecule has 1 atom stereocenters. The van der Waals surface area contributed by atoms with Gasteiger partial charge in [0.05, 0.1) is 6.54 Å². The highest BCUT2D eigenvalue weighted by atomic mass is 16.5. The van der Waals surface area contributed by atoms with E-state index in [0.29, 0.717) is 24.2 Å². The van der Waals surface area contributed by atoms with Gasteiger partial charge in [0.15, 0.2) is 5.82 Å². The highest BCUT2D eigenvalue weighted by molar-refractivity contribution is 5.09. The Bertz CT molecular complexity index is 533. The minimum atomic E-state index is 0.419. The lowest BCUT2D eigenvalue weighted by molar-refractivity contribution is 0.227. The molecule has 0 aliphatic rings. The predicted octanol–water partition coefficient (Wildman–Crippen LogP) is 3.30. The Labute approximate surface area is 120 Å². The Hall–Kier alpha value is -1.62. The summed E-state index contributed by atoms with van der Waals surface area (Å²) in [5.41, 5.74) is 0. The van der Waals surface area contributed by atoms with Gasteiger partial charge in [-0.15, -0.1) is 0 Å². The Balaban J connectivity index is 1.84. The normalized spacial score (nSPS) is 13.1. The molecule has 110 valence electrons. The standard InChI is InChI=1S/C15H23N3O2/c1-5-18(10-15-16-13(4)17-20-15)9-8-11(2)14-7-6-12(3)19-14/h6-7,11H,5,8-10H2,1-4H3/t11-/m0/s1. The maximum Gasteiger partial charge on any atom is 0.240 e. The topological polar surface area (TPSA) is 55.3 Å². The number of hydrogen-bond donors (Lipinski definition) is 0. The van der Waals surface area contributed by atoms with Crippen molar-refractivity contribution < 1.29 is 8.94 Å². The van der Waals surface area contributed by atoms with Gasteiger partial charge in [-0.2, -0.15) is 4.98 Å². The maximum atomic E-state index is 5.67. The van der Waals surface area contributed by atoms with E-state index in [9.17, 15) is 0 Å². The molecule has 5 nitrogen and oxygen atoms in total.